The number of carbonyl (C=O) groups excluding carboxylic acids is 2. The van der Waals surface area contributed by atoms with Crippen molar-refractivity contribution in [1.29, 1.82) is 0 Å². The van der Waals surface area contributed by atoms with Crippen LogP contribution in [0.5, 0.6) is 0 Å². The summed E-state index contributed by atoms with van der Waals surface area (Å²) in [6, 6.07) is 6.15. The first-order valence-corrected chi connectivity index (χ1v) is 8.67. The first-order valence-electron chi connectivity index (χ1n) is 8.67. The molecule has 1 aromatic rings. The molecule has 0 saturated carbocycles. The normalized spacial score (nSPS) is 17.6. The van der Waals surface area contributed by atoms with Gasteiger partial charge < -0.3 is 15.0 Å². The highest BCUT2D eigenvalue weighted by atomic mass is 19.1. The molecule has 1 aromatic carbocycles. The van der Waals surface area contributed by atoms with Crippen LogP contribution in [0.2, 0.25) is 0 Å². The Kier molecular flexibility index (Phi) is 7.33. The number of morpholine rings is 1. The van der Waals surface area contributed by atoms with Crippen LogP contribution >= 0.6 is 0 Å². The molecular weight excluding hydrogens is 325 g/mol. The molecule has 1 N–H and O–H groups in total. The van der Waals surface area contributed by atoms with Gasteiger partial charge in [-0.15, -0.1) is 0 Å². The zero-order chi connectivity index (χ0) is 18.2. The van der Waals surface area contributed by atoms with E-state index < -0.39 is 0 Å². The van der Waals surface area contributed by atoms with Crippen LogP contribution in [0.4, 0.5) is 4.39 Å². The van der Waals surface area contributed by atoms with E-state index in [1.54, 1.807) is 17.0 Å². The van der Waals surface area contributed by atoms with Crippen molar-refractivity contribution >= 4 is 11.8 Å². The summed E-state index contributed by atoms with van der Waals surface area (Å²) in [4.78, 5) is 27.8. The Bertz CT molecular complexity index is 579. The molecule has 0 radical (unpaired) electrons. The highest BCUT2D eigenvalue weighted by Gasteiger charge is 2.26. The summed E-state index contributed by atoms with van der Waals surface area (Å²) < 4.78 is 18.8. The van der Waals surface area contributed by atoms with E-state index in [4.69, 9.17) is 4.74 Å². The van der Waals surface area contributed by atoms with Crippen LogP contribution in [0.3, 0.4) is 0 Å². The third kappa shape index (κ3) is 5.79. The van der Waals surface area contributed by atoms with Gasteiger partial charge >= 0.3 is 0 Å². The van der Waals surface area contributed by atoms with Gasteiger partial charge in [-0.25, -0.2) is 4.39 Å². The van der Waals surface area contributed by atoms with Crippen LogP contribution in [0.15, 0.2) is 24.3 Å². The Morgan fingerprint density at radius 2 is 2.00 bits per heavy atom. The number of rotatable bonds is 7. The molecule has 1 fully saturated rings. The van der Waals surface area contributed by atoms with Crippen molar-refractivity contribution in [3.05, 3.63) is 35.6 Å². The van der Waals surface area contributed by atoms with Crippen molar-refractivity contribution in [2.24, 2.45) is 0 Å². The van der Waals surface area contributed by atoms with E-state index in [0.29, 0.717) is 32.8 Å². The van der Waals surface area contributed by atoms with Crippen LogP contribution in [-0.4, -0.2) is 67.5 Å². The maximum Gasteiger partial charge on any atom is 0.236 e. The number of halogens is 1. The quantitative estimate of drug-likeness (QED) is 0.801. The van der Waals surface area contributed by atoms with Crippen molar-refractivity contribution in [3.63, 3.8) is 0 Å². The number of ether oxygens (including phenoxy) is 1. The average Bonchev–Trinajstić information content (AvgIpc) is 2.62. The fraction of sp³-hybridized carbons (Fsp3) is 0.556. The summed E-state index contributed by atoms with van der Waals surface area (Å²) >= 11 is 0. The number of hydrogen-bond donors (Lipinski definition) is 1. The summed E-state index contributed by atoms with van der Waals surface area (Å²) in [5.41, 5.74) is 0.855. The van der Waals surface area contributed by atoms with E-state index in [-0.39, 0.29) is 36.8 Å². The molecule has 0 bridgehead atoms. The standard InChI is InChI=1S/C18H26FN3O3/c1-3-20-17(23)12-21(4-2)13-18(24)22-9-10-25-16(11-22)14-5-7-15(19)8-6-14/h5-8,16H,3-4,9-13H2,1-2H3,(H,20,23). The second kappa shape index (κ2) is 9.48. The monoisotopic (exact) mass is 351 g/mol. The molecule has 1 aliphatic heterocycles. The predicted molar refractivity (Wildman–Crippen MR) is 92.5 cm³/mol. The molecule has 1 heterocycles. The largest absolute Gasteiger partial charge is 0.370 e. The molecule has 138 valence electrons. The smallest absolute Gasteiger partial charge is 0.236 e. The number of nitrogens with one attached hydrogen (secondary N) is 1. The SMILES string of the molecule is CCNC(=O)CN(CC)CC(=O)N1CCOC(c2ccc(F)cc2)C1. The van der Waals surface area contributed by atoms with Crippen LogP contribution in [0.1, 0.15) is 25.5 Å². The Morgan fingerprint density at radius 3 is 2.64 bits per heavy atom. The molecule has 0 aliphatic carbocycles. The summed E-state index contributed by atoms with van der Waals surface area (Å²) in [5.74, 6) is -0.402. The number of amides is 2. The Labute approximate surface area is 147 Å². The summed E-state index contributed by atoms with van der Waals surface area (Å²) in [6.45, 7) is 6.79. The molecule has 0 spiro atoms. The van der Waals surface area contributed by atoms with E-state index in [2.05, 4.69) is 5.32 Å². The maximum absolute atomic E-state index is 13.1. The maximum atomic E-state index is 13.1. The highest BCUT2D eigenvalue weighted by Crippen LogP contribution is 2.22. The second-order valence-electron chi connectivity index (χ2n) is 6.01. The van der Waals surface area contributed by atoms with Crippen molar-refractivity contribution in [3.8, 4) is 0 Å². The predicted octanol–water partition coefficient (Wildman–Crippen LogP) is 1.18. The van der Waals surface area contributed by atoms with Gasteiger partial charge in [-0.1, -0.05) is 19.1 Å². The van der Waals surface area contributed by atoms with E-state index in [1.807, 2.05) is 18.7 Å². The molecular formula is C18H26FN3O3. The fourth-order valence-corrected chi connectivity index (χ4v) is 2.78. The van der Waals surface area contributed by atoms with Crippen molar-refractivity contribution in [2.75, 3.05) is 45.9 Å². The van der Waals surface area contributed by atoms with Gasteiger partial charge in [0.15, 0.2) is 0 Å². The third-order valence-electron chi connectivity index (χ3n) is 4.21. The van der Waals surface area contributed by atoms with Gasteiger partial charge in [0.25, 0.3) is 0 Å². The van der Waals surface area contributed by atoms with E-state index in [0.717, 1.165) is 5.56 Å². The summed E-state index contributed by atoms with van der Waals surface area (Å²) in [5, 5.41) is 2.74. The molecule has 1 unspecified atom stereocenters. The number of benzene rings is 1. The van der Waals surface area contributed by atoms with Crippen LogP contribution < -0.4 is 5.32 Å². The van der Waals surface area contributed by atoms with Gasteiger partial charge in [0.05, 0.1) is 26.2 Å². The minimum Gasteiger partial charge on any atom is -0.370 e. The minimum absolute atomic E-state index is 0.0263. The highest BCUT2D eigenvalue weighted by molar-refractivity contribution is 5.81. The Balaban J connectivity index is 1.91. The van der Waals surface area contributed by atoms with Gasteiger partial charge in [-0.2, -0.15) is 0 Å². The van der Waals surface area contributed by atoms with Gasteiger partial charge in [0, 0.05) is 13.1 Å². The van der Waals surface area contributed by atoms with Crippen LogP contribution in [0, 0.1) is 5.82 Å². The first-order chi connectivity index (χ1) is 12.0. The van der Waals surface area contributed by atoms with Gasteiger partial charge in [0.2, 0.25) is 11.8 Å². The lowest BCUT2D eigenvalue weighted by Crippen LogP contribution is -2.48. The average molecular weight is 351 g/mol. The zero-order valence-electron chi connectivity index (χ0n) is 14.8. The van der Waals surface area contributed by atoms with Crippen molar-refractivity contribution in [1.82, 2.24) is 15.1 Å². The molecule has 6 nitrogen and oxygen atoms in total. The van der Waals surface area contributed by atoms with E-state index in [9.17, 15) is 14.0 Å². The number of likely N-dealkylation sites (N-methyl/N-ethyl adjacent to an activating group) is 2. The number of hydrogen-bond acceptors (Lipinski definition) is 4. The molecule has 25 heavy (non-hydrogen) atoms. The summed E-state index contributed by atoms with van der Waals surface area (Å²) in [6.07, 6.45) is -0.253. The lowest BCUT2D eigenvalue weighted by atomic mass is 10.1. The molecule has 2 rings (SSSR count). The second-order valence-corrected chi connectivity index (χ2v) is 6.01. The molecule has 1 atom stereocenters. The molecule has 2 amide bonds. The van der Waals surface area contributed by atoms with Gasteiger partial charge in [0.1, 0.15) is 11.9 Å². The van der Waals surface area contributed by atoms with E-state index in [1.165, 1.54) is 12.1 Å². The number of carbonyl (C=O) groups is 2. The van der Waals surface area contributed by atoms with Crippen molar-refractivity contribution < 1.29 is 18.7 Å². The molecule has 7 heteroatoms. The molecule has 1 aliphatic rings. The molecule has 0 aromatic heterocycles. The Hall–Kier alpha value is -1.99. The van der Waals surface area contributed by atoms with Gasteiger partial charge in [-0.3, -0.25) is 14.5 Å². The Morgan fingerprint density at radius 1 is 1.28 bits per heavy atom. The summed E-state index contributed by atoms with van der Waals surface area (Å²) in [7, 11) is 0. The van der Waals surface area contributed by atoms with Crippen LogP contribution in [0.25, 0.3) is 0 Å². The third-order valence-corrected chi connectivity index (χ3v) is 4.21. The zero-order valence-corrected chi connectivity index (χ0v) is 14.8. The number of nitrogens with zero attached hydrogens (tertiary/aromatic N) is 2. The topological polar surface area (TPSA) is 61.9 Å². The lowest BCUT2D eigenvalue weighted by molar-refractivity contribution is -0.140. The lowest BCUT2D eigenvalue weighted by Gasteiger charge is -2.34. The van der Waals surface area contributed by atoms with Crippen LogP contribution in [-0.2, 0) is 14.3 Å². The van der Waals surface area contributed by atoms with Crippen molar-refractivity contribution in [2.45, 2.75) is 20.0 Å². The van der Waals surface area contributed by atoms with E-state index >= 15 is 0 Å². The fourth-order valence-electron chi connectivity index (χ4n) is 2.78. The minimum atomic E-state index is -0.295. The van der Waals surface area contributed by atoms with Gasteiger partial charge in [-0.05, 0) is 31.2 Å². The first kappa shape index (κ1) is 19.3. The molecule has 1 saturated heterocycles.